The molecule has 0 aliphatic heterocycles. The summed E-state index contributed by atoms with van der Waals surface area (Å²) >= 11 is 0. The standard InChI is InChI=1S/C21H15N3/c1-23-17-9-5-3-7-14(17)16-11-13(12-22)19-15-8-4-6-10-18(15)24(2)21(19)20(16)23/h3-11H,1-2H3. The van der Waals surface area contributed by atoms with Crippen LogP contribution in [0.3, 0.4) is 0 Å². The van der Waals surface area contributed by atoms with Gasteiger partial charge in [0.1, 0.15) is 0 Å². The molecule has 5 rings (SSSR count). The first-order valence-electron chi connectivity index (χ1n) is 7.99. The van der Waals surface area contributed by atoms with Crippen LogP contribution < -0.4 is 0 Å². The molecule has 0 radical (unpaired) electrons. The predicted molar refractivity (Wildman–Crippen MR) is 99.1 cm³/mol. The third-order valence-corrected chi connectivity index (χ3v) is 5.16. The molecule has 3 aromatic carbocycles. The summed E-state index contributed by atoms with van der Waals surface area (Å²) in [6.07, 6.45) is 0. The summed E-state index contributed by atoms with van der Waals surface area (Å²) in [7, 11) is 4.19. The Morgan fingerprint density at radius 3 is 2.04 bits per heavy atom. The van der Waals surface area contributed by atoms with Crippen molar-refractivity contribution in [2.75, 3.05) is 0 Å². The maximum Gasteiger partial charge on any atom is 0.0999 e. The van der Waals surface area contributed by atoms with Crippen molar-refractivity contribution in [1.82, 2.24) is 9.13 Å². The van der Waals surface area contributed by atoms with Gasteiger partial charge in [-0.15, -0.1) is 0 Å². The quantitative estimate of drug-likeness (QED) is 0.402. The molecule has 0 N–H and O–H groups in total. The number of nitriles is 1. The monoisotopic (exact) mass is 309 g/mol. The van der Waals surface area contributed by atoms with Gasteiger partial charge in [0.15, 0.2) is 0 Å². The van der Waals surface area contributed by atoms with E-state index >= 15 is 0 Å². The van der Waals surface area contributed by atoms with Gasteiger partial charge in [-0.05, 0) is 18.2 Å². The smallest absolute Gasteiger partial charge is 0.0999 e. The highest BCUT2D eigenvalue weighted by Gasteiger charge is 2.19. The molecule has 3 nitrogen and oxygen atoms in total. The lowest BCUT2D eigenvalue weighted by atomic mass is 10.0. The molecule has 0 aliphatic rings. The lowest BCUT2D eigenvalue weighted by Gasteiger charge is -2.05. The largest absolute Gasteiger partial charge is 0.342 e. The van der Waals surface area contributed by atoms with E-state index < -0.39 is 0 Å². The summed E-state index contributed by atoms with van der Waals surface area (Å²) in [5.74, 6) is 0. The van der Waals surface area contributed by atoms with Crippen LogP contribution in [0.2, 0.25) is 0 Å². The second kappa shape index (κ2) is 4.39. The molecule has 0 amide bonds. The summed E-state index contributed by atoms with van der Waals surface area (Å²) in [4.78, 5) is 0. The van der Waals surface area contributed by atoms with Crippen molar-refractivity contribution in [1.29, 1.82) is 5.26 Å². The molecule has 0 saturated carbocycles. The number of hydrogen-bond donors (Lipinski definition) is 0. The average molecular weight is 309 g/mol. The molecule has 0 spiro atoms. The van der Waals surface area contributed by atoms with Crippen LogP contribution in [0.25, 0.3) is 43.6 Å². The first-order valence-corrected chi connectivity index (χ1v) is 7.99. The second-order valence-electron chi connectivity index (χ2n) is 6.31. The number of aromatic nitrogens is 2. The minimum atomic E-state index is 0.741. The number of benzene rings is 3. The predicted octanol–water partition coefficient (Wildman–Crippen LogP) is 4.85. The van der Waals surface area contributed by atoms with E-state index in [1.165, 1.54) is 16.4 Å². The van der Waals surface area contributed by atoms with Crippen LogP contribution in [0.1, 0.15) is 5.56 Å². The van der Waals surface area contributed by atoms with E-state index in [0.717, 1.165) is 32.8 Å². The first kappa shape index (κ1) is 13.2. The number of fused-ring (bicyclic) bond motifs is 7. The Kier molecular flexibility index (Phi) is 2.42. The van der Waals surface area contributed by atoms with Gasteiger partial charge in [-0.1, -0.05) is 36.4 Å². The van der Waals surface area contributed by atoms with E-state index in [0.29, 0.717) is 0 Å². The summed E-state index contributed by atoms with van der Waals surface area (Å²) in [5.41, 5.74) is 5.40. The van der Waals surface area contributed by atoms with E-state index in [-0.39, 0.29) is 0 Å². The van der Waals surface area contributed by atoms with Crippen molar-refractivity contribution in [2.24, 2.45) is 14.1 Å². The highest BCUT2D eigenvalue weighted by Crippen LogP contribution is 2.39. The van der Waals surface area contributed by atoms with Gasteiger partial charge in [-0.3, -0.25) is 0 Å². The Hall–Kier alpha value is -3.25. The summed E-state index contributed by atoms with van der Waals surface area (Å²) in [6, 6.07) is 21.2. The van der Waals surface area contributed by atoms with Gasteiger partial charge >= 0.3 is 0 Å². The lowest BCUT2D eigenvalue weighted by molar-refractivity contribution is 0.986. The first-order chi connectivity index (χ1) is 11.7. The summed E-state index contributed by atoms with van der Waals surface area (Å²) < 4.78 is 4.46. The summed E-state index contributed by atoms with van der Waals surface area (Å²) in [5, 5.41) is 14.3. The molecule has 0 unspecified atom stereocenters. The molecule has 0 bridgehead atoms. The van der Waals surface area contributed by atoms with Crippen LogP contribution in [0.15, 0.2) is 54.6 Å². The van der Waals surface area contributed by atoms with E-state index in [1.54, 1.807) is 0 Å². The van der Waals surface area contributed by atoms with Crippen molar-refractivity contribution >= 4 is 43.6 Å². The van der Waals surface area contributed by atoms with Gasteiger partial charge in [-0.25, -0.2) is 0 Å². The van der Waals surface area contributed by atoms with Crippen molar-refractivity contribution in [3.05, 3.63) is 60.2 Å². The molecule has 2 aromatic heterocycles. The highest BCUT2D eigenvalue weighted by atomic mass is 15.0. The Bertz CT molecular complexity index is 1330. The van der Waals surface area contributed by atoms with Crippen LogP contribution in [0, 0.1) is 11.3 Å². The van der Waals surface area contributed by atoms with E-state index in [4.69, 9.17) is 0 Å². The molecule has 0 fully saturated rings. The molecule has 5 aromatic rings. The van der Waals surface area contributed by atoms with Crippen LogP contribution in [0.4, 0.5) is 0 Å². The minimum Gasteiger partial charge on any atom is -0.342 e. The lowest BCUT2D eigenvalue weighted by Crippen LogP contribution is -1.93. The normalized spacial score (nSPS) is 11.7. The van der Waals surface area contributed by atoms with Gasteiger partial charge < -0.3 is 9.13 Å². The zero-order valence-electron chi connectivity index (χ0n) is 13.5. The molecule has 24 heavy (non-hydrogen) atoms. The average Bonchev–Trinajstić information content (AvgIpc) is 3.08. The van der Waals surface area contributed by atoms with Crippen molar-refractivity contribution < 1.29 is 0 Å². The van der Waals surface area contributed by atoms with Crippen LogP contribution in [-0.4, -0.2) is 9.13 Å². The van der Waals surface area contributed by atoms with Gasteiger partial charge in [0.05, 0.1) is 22.7 Å². The van der Waals surface area contributed by atoms with E-state index in [2.05, 4.69) is 65.7 Å². The molecule has 114 valence electrons. The third-order valence-electron chi connectivity index (χ3n) is 5.16. The minimum absolute atomic E-state index is 0.741. The Morgan fingerprint density at radius 2 is 1.33 bits per heavy atom. The molecule has 2 heterocycles. The number of hydrogen-bond acceptors (Lipinski definition) is 1. The number of para-hydroxylation sites is 2. The fourth-order valence-corrected chi connectivity index (χ4v) is 4.10. The fourth-order valence-electron chi connectivity index (χ4n) is 4.10. The SMILES string of the molecule is Cn1c2ccccc2c2cc(C#N)c3c4ccccc4n(C)c3c21. The van der Waals surface area contributed by atoms with Gasteiger partial charge in [0.25, 0.3) is 0 Å². The fraction of sp³-hybridized carbons (Fsp3) is 0.0952. The Balaban J connectivity index is 2.23. The molecule has 0 saturated heterocycles. The third kappa shape index (κ3) is 1.41. The molecule has 0 atom stereocenters. The van der Waals surface area contributed by atoms with Gasteiger partial charge in [0.2, 0.25) is 0 Å². The summed E-state index contributed by atoms with van der Waals surface area (Å²) in [6.45, 7) is 0. The van der Waals surface area contributed by atoms with Gasteiger partial charge in [0, 0.05) is 46.7 Å². The maximum absolute atomic E-state index is 9.78. The zero-order chi connectivity index (χ0) is 16.4. The Labute approximate surface area is 138 Å². The van der Waals surface area contributed by atoms with Crippen molar-refractivity contribution in [3.63, 3.8) is 0 Å². The van der Waals surface area contributed by atoms with Crippen LogP contribution in [-0.2, 0) is 14.1 Å². The topological polar surface area (TPSA) is 33.6 Å². The molecular formula is C21H15N3. The number of rotatable bonds is 0. The second-order valence-corrected chi connectivity index (χ2v) is 6.31. The van der Waals surface area contributed by atoms with Crippen molar-refractivity contribution in [3.8, 4) is 6.07 Å². The number of aryl methyl sites for hydroxylation is 2. The zero-order valence-corrected chi connectivity index (χ0v) is 13.5. The van der Waals surface area contributed by atoms with Gasteiger partial charge in [-0.2, -0.15) is 5.26 Å². The molecule has 3 heteroatoms. The number of nitrogens with zero attached hydrogens (tertiary/aromatic N) is 3. The van der Waals surface area contributed by atoms with E-state index in [9.17, 15) is 5.26 Å². The van der Waals surface area contributed by atoms with Crippen LogP contribution in [0.5, 0.6) is 0 Å². The van der Waals surface area contributed by atoms with Crippen molar-refractivity contribution in [2.45, 2.75) is 0 Å². The maximum atomic E-state index is 9.78. The van der Waals surface area contributed by atoms with Crippen LogP contribution >= 0.6 is 0 Å². The van der Waals surface area contributed by atoms with E-state index in [1.807, 2.05) is 18.2 Å². The highest BCUT2D eigenvalue weighted by molar-refractivity contribution is 6.24. The Morgan fingerprint density at radius 1 is 0.750 bits per heavy atom. The molecule has 0 aliphatic carbocycles. The molecular weight excluding hydrogens is 294 g/mol.